The number of nitrogens with zero attached hydrogens (tertiary/aromatic N) is 1. The SMILES string of the molecule is COc1cc(OC)cc(C2=NC(=O)C(=O)S2)c1. The van der Waals surface area contributed by atoms with Crippen LogP contribution < -0.4 is 9.47 Å². The highest BCUT2D eigenvalue weighted by Gasteiger charge is 2.26. The van der Waals surface area contributed by atoms with Gasteiger partial charge in [0.05, 0.1) is 14.2 Å². The highest BCUT2D eigenvalue weighted by Crippen LogP contribution is 2.28. The quantitative estimate of drug-likeness (QED) is 0.756. The molecular weight excluding hydrogens is 242 g/mol. The third-order valence-electron chi connectivity index (χ3n) is 2.17. The first-order valence-corrected chi connectivity index (χ1v) is 5.54. The van der Waals surface area contributed by atoms with Gasteiger partial charge in [-0.15, -0.1) is 0 Å². The number of rotatable bonds is 3. The van der Waals surface area contributed by atoms with Crippen LogP contribution in [0.5, 0.6) is 11.5 Å². The minimum Gasteiger partial charge on any atom is -0.497 e. The van der Waals surface area contributed by atoms with Gasteiger partial charge in [-0.2, -0.15) is 4.99 Å². The highest BCUT2D eigenvalue weighted by atomic mass is 32.2. The molecule has 0 saturated heterocycles. The van der Waals surface area contributed by atoms with Crippen molar-refractivity contribution in [2.24, 2.45) is 4.99 Å². The van der Waals surface area contributed by atoms with Gasteiger partial charge in [0.2, 0.25) is 0 Å². The van der Waals surface area contributed by atoms with Crippen molar-refractivity contribution in [2.45, 2.75) is 0 Å². The van der Waals surface area contributed by atoms with Crippen LogP contribution in [-0.2, 0) is 9.59 Å². The van der Waals surface area contributed by atoms with Gasteiger partial charge in [0.1, 0.15) is 16.5 Å². The first-order valence-electron chi connectivity index (χ1n) is 4.72. The molecule has 0 N–H and O–H groups in total. The van der Waals surface area contributed by atoms with E-state index in [1.54, 1.807) is 18.2 Å². The van der Waals surface area contributed by atoms with Crippen LogP contribution in [0.15, 0.2) is 23.2 Å². The predicted molar refractivity (Wildman–Crippen MR) is 63.7 cm³/mol. The van der Waals surface area contributed by atoms with Crippen LogP contribution >= 0.6 is 11.8 Å². The highest BCUT2D eigenvalue weighted by molar-refractivity contribution is 8.28. The molecule has 0 bridgehead atoms. The van der Waals surface area contributed by atoms with Gasteiger partial charge in [-0.25, -0.2) is 0 Å². The second-order valence-corrected chi connectivity index (χ2v) is 4.17. The van der Waals surface area contributed by atoms with Crippen molar-refractivity contribution in [3.8, 4) is 11.5 Å². The zero-order valence-electron chi connectivity index (χ0n) is 9.22. The first kappa shape index (κ1) is 11.7. The van der Waals surface area contributed by atoms with E-state index in [4.69, 9.17) is 9.47 Å². The standard InChI is InChI=1S/C11H9NO4S/c1-15-7-3-6(4-8(5-7)16-2)10-12-9(13)11(14)17-10/h3-5H,1-2H3. The fourth-order valence-electron chi connectivity index (χ4n) is 1.35. The summed E-state index contributed by atoms with van der Waals surface area (Å²) in [5.41, 5.74) is 0.630. The molecule has 0 aromatic heterocycles. The maximum Gasteiger partial charge on any atom is 0.325 e. The lowest BCUT2D eigenvalue weighted by Gasteiger charge is -2.07. The smallest absolute Gasteiger partial charge is 0.325 e. The van der Waals surface area contributed by atoms with Crippen LogP contribution in [-0.4, -0.2) is 30.3 Å². The summed E-state index contributed by atoms with van der Waals surface area (Å²) >= 11 is 0.816. The molecule has 1 amide bonds. The van der Waals surface area contributed by atoms with E-state index >= 15 is 0 Å². The third kappa shape index (κ3) is 2.31. The average molecular weight is 251 g/mol. The van der Waals surface area contributed by atoms with E-state index in [2.05, 4.69) is 4.99 Å². The van der Waals surface area contributed by atoms with Crippen molar-refractivity contribution >= 4 is 27.8 Å². The monoisotopic (exact) mass is 251 g/mol. The Morgan fingerprint density at radius 3 is 2.06 bits per heavy atom. The molecule has 0 spiro atoms. The van der Waals surface area contributed by atoms with Gasteiger partial charge >= 0.3 is 5.91 Å². The summed E-state index contributed by atoms with van der Waals surface area (Å²) < 4.78 is 10.2. The Labute approximate surface area is 102 Å². The molecule has 0 aliphatic carbocycles. The maximum absolute atomic E-state index is 11.1. The number of hydrogen-bond acceptors (Lipinski definition) is 5. The Balaban J connectivity index is 2.42. The molecule has 5 nitrogen and oxygen atoms in total. The van der Waals surface area contributed by atoms with Crippen LogP contribution in [0.4, 0.5) is 0 Å². The molecular formula is C11H9NO4S. The number of aliphatic imine (C=N–C) groups is 1. The third-order valence-corrected chi connectivity index (χ3v) is 3.05. The zero-order chi connectivity index (χ0) is 12.4. The number of methoxy groups -OCH3 is 2. The lowest BCUT2D eigenvalue weighted by molar-refractivity contribution is -0.130. The van der Waals surface area contributed by atoms with E-state index < -0.39 is 11.0 Å². The van der Waals surface area contributed by atoms with E-state index in [0.29, 0.717) is 22.1 Å². The number of benzene rings is 1. The Morgan fingerprint density at radius 2 is 1.65 bits per heavy atom. The molecule has 0 fully saturated rings. The Morgan fingerprint density at radius 1 is 1.06 bits per heavy atom. The summed E-state index contributed by atoms with van der Waals surface area (Å²) in [7, 11) is 3.05. The normalized spacial score (nSPS) is 14.8. The lowest BCUT2D eigenvalue weighted by Crippen LogP contribution is -1.98. The van der Waals surface area contributed by atoms with E-state index in [1.807, 2.05) is 0 Å². The van der Waals surface area contributed by atoms with Gasteiger partial charge in [0.25, 0.3) is 5.12 Å². The summed E-state index contributed by atoms with van der Waals surface area (Å²) in [5, 5.41) is -0.195. The number of amides is 1. The molecule has 1 heterocycles. The Kier molecular flexibility index (Phi) is 3.14. The largest absolute Gasteiger partial charge is 0.497 e. The van der Waals surface area contributed by atoms with Crippen LogP contribution in [0.2, 0.25) is 0 Å². The first-order chi connectivity index (χ1) is 8.13. The topological polar surface area (TPSA) is 65.0 Å². The Hall–Kier alpha value is -1.82. The van der Waals surface area contributed by atoms with E-state index in [9.17, 15) is 9.59 Å². The van der Waals surface area contributed by atoms with Crippen molar-refractivity contribution in [3.63, 3.8) is 0 Å². The van der Waals surface area contributed by atoms with Crippen molar-refractivity contribution in [2.75, 3.05) is 14.2 Å². The molecule has 1 aliphatic rings. The maximum atomic E-state index is 11.1. The molecule has 0 radical (unpaired) electrons. The number of carbonyl (C=O) groups is 2. The summed E-state index contributed by atoms with van der Waals surface area (Å²) in [4.78, 5) is 25.8. The van der Waals surface area contributed by atoms with E-state index in [1.165, 1.54) is 14.2 Å². The fourth-order valence-corrected chi connectivity index (χ4v) is 2.02. The lowest BCUT2D eigenvalue weighted by atomic mass is 10.2. The van der Waals surface area contributed by atoms with Crippen molar-refractivity contribution in [3.05, 3.63) is 23.8 Å². The molecule has 88 valence electrons. The van der Waals surface area contributed by atoms with Gasteiger partial charge in [0, 0.05) is 11.6 Å². The van der Waals surface area contributed by atoms with Crippen LogP contribution in [0.1, 0.15) is 5.56 Å². The molecule has 6 heteroatoms. The molecule has 0 atom stereocenters. The molecule has 2 rings (SSSR count). The average Bonchev–Trinajstić information content (AvgIpc) is 2.69. The second-order valence-electron chi connectivity index (χ2n) is 3.21. The van der Waals surface area contributed by atoms with Gasteiger partial charge < -0.3 is 9.47 Å². The minimum atomic E-state index is -0.730. The number of carbonyl (C=O) groups excluding carboxylic acids is 2. The second kappa shape index (κ2) is 4.58. The van der Waals surface area contributed by atoms with Gasteiger partial charge in [-0.3, -0.25) is 9.59 Å². The number of ether oxygens (including phenoxy) is 2. The van der Waals surface area contributed by atoms with Crippen LogP contribution in [0, 0.1) is 0 Å². The number of thioether (sulfide) groups is 1. The number of hydrogen-bond donors (Lipinski definition) is 0. The predicted octanol–water partition coefficient (Wildman–Crippen LogP) is 1.25. The van der Waals surface area contributed by atoms with Crippen molar-refractivity contribution in [1.82, 2.24) is 0 Å². The van der Waals surface area contributed by atoms with Crippen LogP contribution in [0.25, 0.3) is 0 Å². The molecule has 0 saturated carbocycles. The molecule has 1 aromatic rings. The zero-order valence-corrected chi connectivity index (χ0v) is 10.0. The van der Waals surface area contributed by atoms with Gasteiger partial charge in [0.15, 0.2) is 0 Å². The summed E-state index contributed by atoms with van der Waals surface area (Å²) in [6.45, 7) is 0. The van der Waals surface area contributed by atoms with Gasteiger partial charge in [-0.1, -0.05) is 0 Å². The van der Waals surface area contributed by atoms with Crippen molar-refractivity contribution < 1.29 is 19.1 Å². The Bertz CT molecular complexity index is 502. The van der Waals surface area contributed by atoms with Gasteiger partial charge in [-0.05, 0) is 23.9 Å². The summed E-state index contributed by atoms with van der Waals surface area (Å²) in [5.74, 6) is 0.427. The summed E-state index contributed by atoms with van der Waals surface area (Å²) in [6, 6.07) is 5.09. The fraction of sp³-hybridized carbons (Fsp3) is 0.182. The van der Waals surface area contributed by atoms with E-state index in [0.717, 1.165) is 11.8 Å². The van der Waals surface area contributed by atoms with E-state index in [-0.39, 0.29) is 0 Å². The molecule has 17 heavy (non-hydrogen) atoms. The van der Waals surface area contributed by atoms with Crippen LogP contribution in [0.3, 0.4) is 0 Å². The molecule has 1 aromatic carbocycles. The molecule has 0 unspecified atom stereocenters. The molecule has 1 aliphatic heterocycles. The minimum absolute atomic E-state index is 0.372. The summed E-state index contributed by atoms with van der Waals surface area (Å²) in [6.07, 6.45) is 0. The van der Waals surface area contributed by atoms with Crippen molar-refractivity contribution in [1.29, 1.82) is 0 Å².